The average Bonchev–Trinajstić information content (AvgIpc) is 3.04. The van der Waals surface area contributed by atoms with Crippen molar-refractivity contribution in [3.05, 3.63) is 35.9 Å². The van der Waals surface area contributed by atoms with Gasteiger partial charge in [-0.05, 0) is 64.2 Å². The van der Waals surface area contributed by atoms with Gasteiger partial charge in [0.15, 0.2) is 0 Å². The highest BCUT2D eigenvalue weighted by Gasteiger charge is 2.41. The van der Waals surface area contributed by atoms with Gasteiger partial charge in [0, 0.05) is 41.5 Å². The predicted octanol–water partition coefficient (Wildman–Crippen LogP) is 5.25. The number of nitrogens with one attached hydrogen (secondary N) is 1. The van der Waals surface area contributed by atoms with Crippen LogP contribution in [0, 0.1) is 5.41 Å². The molecule has 1 fully saturated rings. The number of likely N-dealkylation sites (tertiary alicyclic amines) is 1. The first-order chi connectivity index (χ1) is 16.3. The summed E-state index contributed by atoms with van der Waals surface area (Å²) in [6, 6.07) is 9.33. The fourth-order valence-electron chi connectivity index (χ4n) is 5.14. The van der Waals surface area contributed by atoms with Crippen molar-refractivity contribution in [3.63, 3.8) is 0 Å². The molecule has 190 valence electrons. The number of rotatable bonds is 4. The normalized spacial score (nSPS) is 21.5. The lowest BCUT2D eigenvalue weighted by molar-refractivity contribution is -0.0103. The fourth-order valence-corrected chi connectivity index (χ4v) is 6.35. The van der Waals surface area contributed by atoms with Gasteiger partial charge in [-0.2, -0.15) is 0 Å². The number of hydrogen-bond donors (Lipinski definition) is 1. The van der Waals surface area contributed by atoms with Crippen LogP contribution in [0.2, 0.25) is 0 Å². The van der Waals surface area contributed by atoms with Crippen LogP contribution in [-0.2, 0) is 15.7 Å². The molecule has 2 aliphatic heterocycles. The first-order valence-electron chi connectivity index (χ1n) is 12.4. The minimum Gasteiger partial charge on any atom is -0.444 e. The van der Waals surface area contributed by atoms with E-state index < -0.39 is 16.6 Å². The Morgan fingerprint density at radius 3 is 2.49 bits per heavy atom. The minimum atomic E-state index is -1.46. The summed E-state index contributed by atoms with van der Waals surface area (Å²) in [6.45, 7) is 15.1. The van der Waals surface area contributed by atoms with Crippen LogP contribution in [-0.4, -0.2) is 51.9 Å². The highest BCUT2D eigenvalue weighted by atomic mass is 32.2. The number of benzene rings is 2. The maximum Gasteiger partial charge on any atom is 0.410 e. The van der Waals surface area contributed by atoms with Crippen LogP contribution >= 0.6 is 0 Å². The van der Waals surface area contributed by atoms with Crippen LogP contribution in [0.15, 0.2) is 35.2 Å². The SMILES string of the molecule is CCN1C(=O)c2cccc3c(S(=O)NC4CCN(C(=O)OC(C)(C)C)C(C(C)(C)C)C4)ccc1c23. The maximum absolute atomic E-state index is 13.6. The van der Waals surface area contributed by atoms with E-state index in [-0.39, 0.29) is 29.5 Å². The summed E-state index contributed by atoms with van der Waals surface area (Å²) in [7, 11) is -1.46. The van der Waals surface area contributed by atoms with Crippen molar-refractivity contribution in [2.45, 2.75) is 83.9 Å². The summed E-state index contributed by atoms with van der Waals surface area (Å²) in [5.41, 5.74) is 0.824. The smallest absolute Gasteiger partial charge is 0.410 e. The topological polar surface area (TPSA) is 79.0 Å². The standard InChI is InChI=1S/C27H37N3O4S/c1-8-29-20-12-13-21(18-10-9-11-19(23(18)20)24(29)31)35(33)28-17-14-15-30(22(16-17)26(2,3)4)25(32)34-27(5,6)7/h9-13,17,22,28H,8,14-16H2,1-7H3. The predicted molar refractivity (Wildman–Crippen MR) is 140 cm³/mol. The van der Waals surface area contributed by atoms with Gasteiger partial charge in [0.1, 0.15) is 16.6 Å². The Morgan fingerprint density at radius 1 is 1.14 bits per heavy atom. The van der Waals surface area contributed by atoms with Crippen LogP contribution < -0.4 is 9.62 Å². The molecule has 0 spiro atoms. The molecule has 1 N–H and O–H groups in total. The Kier molecular flexibility index (Phi) is 6.74. The second-order valence-electron chi connectivity index (χ2n) is 11.5. The summed E-state index contributed by atoms with van der Waals surface area (Å²) in [6.07, 6.45) is 1.06. The molecule has 4 rings (SSSR count). The highest BCUT2D eigenvalue weighted by Crippen LogP contribution is 2.40. The third-order valence-electron chi connectivity index (χ3n) is 6.76. The van der Waals surface area contributed by atoms with Crippen molar-refractivity contribution in [1.82, 2.24) is 9.62 Å². The lowest BCUT2D eigenvalue weighted by atomic mass is 9.79. The zero-order valence-corrected chi connectivity index (χ0v) is 22.6. The fraction of sp³-hybridized carbons (Fsp3) is 0.556. The molecule has 0 saturated carbocycles. The molecule has 1 saturated heterocycles. The molecule has 2 amide bonds. The number of hydrogen-bond acceptors (Lipinski definition) is 4. The molecular formula is C27H37N3O4S. The van der Waals surface area contributed by atoms with Crippen molar-refractivity contribution in [3.8, 4) is 0 Å². The lowest BCUT2D eigenvalue weighted by Gasteiger charge is -2.46. The Hall–Kier alpha value is -2.45. The van der Waals surface area contributed by atoms with E-state index in [1.165, 1.54) is 0 Å². The maximum atomic E-state index is 13.6. The van der Waals surface area contributed by atoms with E-state index in [1.54, 1.807) is 4.90 Å². The number of carbonyl (C=O) groups excluding carboxylic acids is 2. The van der Waals surface area contributed by atoms with Gasteiger partial charge in [-0.25, -0.2) is 13.7 Å². The summed E-state index contributed by atoms with van der Waals surface area (Å²) >= 11 is 0. The van der Waals surface area contributed by atoms with Gasteiger partial charge in [0.25, 0.3) is 5.91 Å². The van der Waals surface area contributed by atoms with Crippen molar-refractivity contribution >= 4 is 39.4 Å². The molecule has 2 aromatic carbocycles. The lowest BCUT2D eigenvalue weighted by Crippen LogP contribution is -2.56. The Bertz CT molecular complexity index is 1180. The summed E-state index contributed by atoms with van der Waals surface area (Å²) in [4.78, 5) is 30.0. The number of ether oxygens (including phenoxy) is 1. The average molecular weight is 500 g/mol. The molecule has 0 bridgehead atoms. The number of carbonyl (C=O) groups is 2. The Balaban J connectivity index is 1.56. The van der Waals surface area contributed by atoms with Crippen LogP contribution in [0.25, 0.3) is 10.8 Å². The number of anilines is 1. The van der Waals surface area contributed by atoms with Crippen LogP contribution in [0.1, 0.15) is 71.7 Å². The highest BCUT2D eigenvalue weighted by molar-refractivity contribution is 7.83. The zero-order chi connectivity index (χ0) is 25.7. The Labute approximate surface area is 210 Å². The van der Waals surface area contributed by atoms with Crippen molar-refractivity contribution in [2.24, 2.45) is 5.41 Å². The van der Waals surface area contributed by atoms with Crippen LogP contribution in [0.5, 0.6) is 0 Å². The van der Waals surface area contributed by atoms with Gasteiger partial charge >= 0.3 is 6.09 Å². The van der Waals surface area contributed by atoms with Crippen molar-refractivity contribution in [1.29, 1.82) is 0 Å². The van der Waals surface area contributed by atoms with Crippen molar-refractivity contribution in [2.75, 3.05) is 18.0 Å². The molecular weight excluding hydrogens is 462 g/mol. The van der Waals surface area contributed by atoms with Crippen molar-refractivity contribution < 1.29 is 18.5 Å². The van der Waals surface area contributed by atoms with E-state index in [9.17, 15) is 13.8 Å². The molecule has 35 heavy (non-hydrogen) atoms. The molecule has 0 aliphatic carbocycles. The third-order valence-corrected chi connectivity index (χ3v) is 8.07. The molecule has 3 atom stereocenters. The molecule has 2 aromatic rings. The Morgan fingerprint density at radius 2 is 1.86 bits per heavy atom. The molecule has 8 heteroatoms. The number of piperidine rings is 1. The van der Waals surface area contributed by atoms with Gasteiger partial charge < -0.3 is 14.5 Å². The zero-order valence-electron chi connectivity index (χ0n) is 21.8. The molecule has 0 radical (unpaired) electrons. The van der Waals surface area contributed by atoms with Gasteiger partial charge in [-0.1, -0.05) is 32.9 Å². The van der Waals surface area contributed by atoms with Gasteiger partial charge in [0.2, 0.25) is 0 Å². The summed E-state index contributed by atoms with van der Waals surface area (Å²) in [5, 5.41) is 1.72. The van der Waals surface area contributed by atoms with Crippen LogP contribution in [0.4, 0.5) is 10.5 Å². The van der Waals surface area contributed by atoms with E-state index in [4.69, 9.17) is 4.74 Å². The molecule has 2 heterocycles. The van der Waals surface area contributed by atoms with E-state index in [2.05, 4.69) is 25.5 Å². The van der Waals surface area contributed by atoms with Gasteiger partial charge in [0.05, 0.1) is 10.6 Å². The second kappa shape index (κ2) is 9.21. The van der Waals surface area contributed by atoms with Gasteiger partial charge in [-0.15, -0.1) is 0 Å². The van der Waals surface area contributed by atoms with E-state index >= 15 is 0 Å². The van der Waals surface area contributed by atoms with E-state index in [0.717, 1.165) is 16.5 Å². The molecule has 7 nitrogen and oxygen atoms in total. The summed E-state index contributed by atoms with van der Waals surface area (Å²) < 4.78 is 22.6. The third kappa shape index (κ3) is 4.96. The van der Waals surface area contributed by atoms with Crippen LogP contribution in [0.3, 0.4) is 0 Å². The largest absolute Gasteiger partial charge is 0.444 e. The minimum absolute atomic E-state index is 0.00785. The molecule has 2 aliphatic rings. The second-order valence-corrected chi connectivity index (χ2v) is 12.7. The molecule has 3 unspecified atom stereocenters. The van der Waals surface area contributed by atoms with E-state index in [1.807, 2.05) is 62.9 Å². The quantitative estimate of drug-likeness (QED) is 0.623. The number of amides is 2. The monoisotopic (exact) mass is 499 g/mol. The van der Waals surface area contributed by atoms with E-state index in [0.29, 0.717) is 36.4 Å². The molecule has 0 aromatic heterocycles. The van der Waals surface area contributed by atoms with Gasteiger partial charge in [-0.3, -0.25) is 4.79 Å². The number of nitrogens with zero attached hydrogens (tertiary/aromatic N) is 2. The first-order valence-corrected chi connectivity index (χ1v) is 13.5. The summed E-state index contributed by atoms with van der Waals surface area (Å²) in [5.74, 6) is -0.00785. The first kappa shape index (κ1) is 25.6.